The van der Waals surface area contributed by atoms with Crippen molar-refractivity contribution in [2.24, 2.45) is 5.41 Å². The van der Waals surface area contributed by atoms with Crippen LogP contribution in [0.2, 0.25) is 0 Å². The molecule has 5 heteroatoms. The lowest BCUT2D eigenvalue weighted by Gasteiger charge is -2.30. The average Bonchev–Trinajstić information content (AvgIpc) is 3.08. The van der Waals surface area contributed by atoms with Gasteiger partial charge >= 0.3 is 0 Å². The lowest BCUT2D eigenvalue weighted by Crippen LogP contribution is -2.28. The van der Waals surface area contributed by atoms with Crippen LogP contribution in [0, 0.1) is 11.2 Å². The normalized spacial score (nSPS) is 15.5. The Bertz CT molecular complexity index is 1320. The second kappa shape index (κ2) is 6.66. The third-order valence-corrected chi connectivity index (χ3v) is 5.99. The van der Waals surface area contributed by atoms with Crippen molar-refractivity contribution in [1.29, 1.82) is 0 Å². The first-order valence-electron chi connectivity index (χ1n) is 10.1. The summed E-state index contributed by atoms with van der Waals surface area (Å²) in [6.45, 7) is 4.19. The van der Waals surface area contributed by atoms with Gasteiger partial charge in [-0.2, -0.15) is 0 Å². The fraction of sp³-hybridized carbons (Fsp3) is 0.280. The van der Waals surface area contributed by atoms with Crippen molar-refractivity contribution < 1.29 is 13.9 Å². The number of Topliss-reactive ketones (excluding diaryl/α,β-unsaturated/α-hetero) is 1. The molecule has 1 aliphatic rings. The smallest absolute Gasteiger partial charge is 0.165 e. The van der Waals surface area contributed by atoms with E-state index in [4.69, 9.17) is 9.72 Å². The van der Waals surface area contributed by atoms with E-state index in [-0.39, 0.29) is 17.0 Å². The first kappa shape index (κ1) is 18.8. The standard InChI is InChI=1S/C25H23FN2O2/c1-25(2)12-20-23(21(29)13-25)22-16-6-4-5-7-18(16)28-24(22)19(27-20)10-14-8-9-15(30-3)11-17(14)26/h4-9,11,28H,10,12-13H2,1-3H3. The number of aromatic amines is 1. The van der Waals surface area contributed by atoms with Gasteiger partial charge in [-0.05, 0) is 29.5 Å². The minimum atomic E-state index is -0.325. The summed E-state index contributed by atoms with van der Waals surface area (Å²) in [5.74, 6) is 0.290. The van der Waals surface area contributed by atoms with Gasteiger partial charge in [0.15, 0.2) is 5.78 Å². The molecular formula is C25H23FN2O2. The summed E-state index contributed by atoms with van der Waals surface area (Å²) >= 11 is 0. The van der Waals surface area contributed by atoms with Crippen molar-refractivity contribution in [2.45, 2.75) is 33.1 Å². The summed E-state index contributed by atoms with van der Waals surface area (Å²) in [5.41, 5.74) is 4.48. The summed E-state index contributed by atoms with van der Waals surface area (Å²) in [6.07, 6.45) is 1.56. The topological polar surface area (TPSA) is 55.0 Å². The van der Waals surface area contributed by atoms with Gasteiger partial charge in [-0.3, -0.25) is 9.78 Å². The monoisotopic (exact) mass is 402 g/mol. The molecule has 152 valence electrons. The summed E-state index contributed by atoms with van der Waals surface area (Å²) in [7, 11) is 1.52. The van der Waals surface area contributed by atoms with Gasteiger partial charge in [0, 0.05) is 40.8 Å². The van der Waals surface area contributed by atoms with Gasteiger partial charge in [0.05, 0.1) is 24.0 Å². The highest BCUT2D eigenvalue weighted by Crippen LogP contribution is 2.40. The van der Waals surface area contributed by atoms with E-state index in [2.05, 4.69) is 18.8 Å². The van der Waals surface area contributed by atoms with Gasteiger partial charge in [0.1, 0.15) is 11.6 Å². The maximum atomic E-state index is 14.7. The highest BCUT2D eigenvalue weighted by molar-refractivity contribution is 6.19. The molecule has 1 N–H and O–H groups in total. The minimum Gasteiger partial charge on any atom is -0.497 e. The van der Waals surface area contributed by atoms with Crippen molar-refractivity contribution in [3.8, 4) is 5.75 Å². The largest absolute Gasteiger partial charge is 0.497 e. The summed E-state index contributed by atoms with van der Waals surface area (Å²) in [5, 5.41) is 1.93. The van der Waals surface area contributed by atoms with Crippen LogP contribution in [0.1, 0.15) is 47.6 Å². The quantitative estimate of drug-likeness (QED) is 0.485. The zero-order valence-electron chi connectivity index (χ0n) is 17.3. The molecular weight excluding hydrogens is 379 g/mol. The molecule has 0 spiro atoms. The van der Waals surface area contributed by atoms with E-state index in [9.17, 15) is 9.18 Å². The molecule has 0 unspecified atom stereocenters. The number of halogens is 1. The van der Waals surface area contributed by atoms with E-state index in [1.165, 1.54) is 13.2 Å². The van der Waals surface area contributed by atoms with Gasteiger partial charge in [0.2, 0.25) is 0 Å². The number of nitrogens with one attached hydrogen (secondary N) is 1. The van der Waals surface area contributed by atoms with Crippen molar-refractivity contribution >= 4 is 27.6 Å². The second-order valence-corrected chi connectivity index (χ2v) is 8.88. The van der Waals surface area contributed by atoms with Crippen LogP contribution in [0.25, 0.3) is 21.8 Å². The molecule has 4 aromatic rings. The number of ether oxygens (including phenoxy) is 1. The maximum Gasteiger partial charge on any atom is 0.165 e. The van der Waals surface area contributed by atoms with E-state index in [1.807, 2.05) is 24.3 Å². The minimum absolute atomic E-state index is 0.130. The molecule has 4 nitrogen and oxygen atoms in total. The molecule has 0 bridgehead atoms. The number of benzene rings is 2. The molecule has 0 atom stereocenters. The van der Waals surface area contributed by atoms with Crippen LogP contribution in [-0.2, 0) is 12.8 Å². The highest BCUT2D eigenvalue weighted by Gasteiger charge is 2.35. The predicted molar refractivity (Wildman–Crippen MR) is 116 cm³/mol. The number of nitrogens with zero attached hydrogens (tertiary/aromatic N) is 1. The first-order valence-corrected chi connectivity index (χ1v) is 10.1. The molecule has 30 heavy (non-hydrogen) atoms. The van der Waals surface area contributed by atoms with Gasteiger partial charge in [-0.1, -0.05) is 38.1 Å². The van der Waals surface area contributed by atoms with Gasteiger partial charge in [-0.25, -0.2) is 4.39 Å². The van der Waals surface area contributed by atoms with Crippen LogP contribution in [0.3, 0.4) is 0 Å². The van der Waals surface area contributed by atoms with Crippen molar-refractivity contribution in [3.05, 3.63) is 70.8 Å². The summed E-state index contributed by atoms with van der Waals surface area (Å²) < 4.78 is 19.8. The van der Waals surface area contributed by atoms with E-state index in [1.54, 1.807) is 12.1 Å². The summed E-state index contributed by atoms with van der Waals surface area (Å²) in [6, 6.07) is 12.8. The number of methoxy groups -OCH3 is 1. The van der Waals surface area contributed by atoms with Gasteiger partial charge in [0.25, 0.3) is 0 Å². The number of ketones is 1. The number of hydrogen-bond acceptors (Lipinski definition) is 3. The van der Waals surface area contributed by atoms with E-state index in [0.717, 1.165) is 45.2 Å². The Morgan fingerprint density at radius 1 is 1.17 bits per heavy atom. The Labute approximate surface area is 174 Å². The molecule has 0 aliphatic heterocycles. The Hall–Kier alpha value is -3.21. The van der Waals surface area contributed by atoms with Gasteiger partial charge < -0.3 is 9.72 Å². The molecule has 2 aromatic heterocycles. The number of rotatable bonds is 3. The van der Waals surface area contributed by atoms with E-state index >= 15 is 0 Å². The van der Waals surface area contributed by atoms with Crippen LogP contribution < -0.4 is 4.74 Å². The molecule has 5 rings (SSSR count). The molecule has 0 saturated carbocycles. The molecule has 0 amide bonds. The number of hydrogen-bond donors (Lipinski definition) is 1. The number of aromatic nitrogens is 2. The average molecular weight is 402 g/mol. The molecule has 0 saturated heterocycles. The van der Waals surface area contributed by atoms with E-state index < -0.39 is 0 Å². The number of H-pyrrole nitrogens is 1. The molecule has 0 radical (unpaired) electrons. The van der Waals surface area contributed by atoms with Gasteiger partial charge in [-0.15, -0.1) is 0 Å². The van der Waals surface area contributed by atoms with Crippen LogP contribution in [0.5, 0.6) is 5.75 Å². The van der Waals surface area contributed by atoms with E-state index in [0.29, 0.717) is 24.2 Å². The van der Waals surface area contributed by atoms with Crippen molar-refractivity contribution in [2.75, 3.05) is 7.11 Å². The predicted octanol–water partition coefficient (Wildman–Crippen LogP) is 5.61. The fourth-order valence-electron chi connectivity index (χ4n) is 4.61. The molecule has 1 aliphatic carbocycles. The SMILES string of the molecule is COc1ccc(Cc2nc3c(c4c2[nH]c2ccccc24)C(=O)CC(C)(C)C3)c(F)c1. The van der Waals surface area contributed by atoms with Crippen LogP contribution in [-0.4, -0.2) is 22.9 Å². The number of carbonyl (C=O) groups is 1. The Kier molecular flexibility index (Phi) is 4.17. The fourth-order valence-corrected chi connectivity index (χ4v) is 4.61. The Morgan fingerprint density at radius 3 is 2.73 bits per heavy atom. The maximum absolute atomic E-state index is 14.7. The van der Waals surface area contributed by atoms with Crippen LogP contribution in [0.4, 0.5) is 4.39 Å². The molecule has 0 fully saturated rings. The lowest BCUT2D eigenvalue weighted by atomic mass is 9.74. The second-order valence-electron chi connectivity index (χ2n) is 8.88. The highest BCUT2D eigenvalue weighted by atomic mass is 19.1. The van der Waals surface area contributed by atoms with Crippen molar-refractivity contribution in [1.82, 2.24) is 9.97 Å². The molecule has 2 aromatic carbocycles. The summed E-state index contributed by atoms with van der Waals surface area (Å²) in [4.78, 5) is 21.5. The third kappa shape index (κ3) is 2.96. The Balaban J connectivity index is 1.77. The lowest BCUT2D eigenvalue weighted by molar-refractivity contribution is 0.0912. The van der Waals surface area contributed by atoms with Crippen LogP contribution in [0.15, 0.2) is 42.5 Å². The number of para-hydroxylation sites is 1. The van der Waals surface area contributed by atoms with Crippen LogP contribution >= 0.6 is 0 Å². The zero-order chi connectivity index (χ0) is 21.0. The molecule has 2 heterocycles. The first-order chi connectivity index (χ1) is 14.4. The number of pyridine rings is 1. The third-order valence-electron chi connectivity index (χ3n) is 5.99. The Morgan fingerprint density at radius 2 is 1.97 bits per heavy atom. The van der Waals surface area contributed by atoms with Crippen molar-refractivity contribution in [3.63, 3.8) is 0 Å². The zero-order valence-corrected chi connectivity index (χ0v) is 17.3. The number of carbonyl (C=O) groups excluding carboxylic acids is 1. The number of fused-ring (bicyclic) bond motifs is 5.